The molecular weight excluding hydrogens is 232 g/mol. The summed E-state index contributed by atoms with van der Waals surface area (Å²) in [6, 6.07) is 2.46. The largest absolute Gasteiger partial charge is 0.463 e. The van der Waals surface area contributed by atoms with Crippen LogP contribution in [-0.2, 0) is 4.74 Å². The molecule has 0 aliphatic carbocycles. The van der Waals surface area contributed by atoms with Crippen LogP contribution in [0.25, 0.3) is 0 Å². The molecule has 2 N–H and O–H groups in total. The molecule has 6 heteroatoms. The van der Waals surface area contributed by atoms with Gasteiger partial charge in [0.15, 0.2) is 0 Å². The molecule has 1 aliphatic rings. The van der Waals surface area contributed by atoms with Gasteiger partial charge in [0.2, 0.25) is 5.82 Å². The molecule has 0 aromatic carbocycles. The SMILES string of the molecule is COC(=O)c1nccc(NC2CCCNC2C)n1. The van der Waals surface area contributed by atoms with Gasteiger partial charge < -0.3 is 15.4 Å². The third-order valence-corrected chi connectivity index (χ3v) is 3.12. The van der Waals surface area contributed by atoms with Crippen molar-refractivity contribution in [1.82, 2.24) is 15.3 Å². The van der Waals surface area contributed by atoms with E-state index in [4.69, 9.17) is 0 Å². The van der Waals surface area contributed by atoms with Gasteiger partial charge in [-0.3, -0.25) is 0 Å². The van der Waals surface area contributed by atoms with Gasteiger partial charge in [-0.25, -0.2) is 14.8 Å². The van der Waals surface area contributed by atoms with Crippen LogP contribution in [0.15, 0.2) is 12.3 Å². The lowest BCUT2D eigenvalue weighted by Crippen LogP contribution is -2.46. The molecular formula is C12H18N4O2. The molecule has 18 heavy (non-hydrogen) atoms. The average molecular weight is 250 g/mol. The van der Waals surface area contributed by atoms with Crippen LogP contribution in [0.5, 0.6) is 0 Å². The number of hydrogen-bond donors (Lipinski definition) is 2. The van der Waals surface area contributed by atoms with Crippen molar-refractivity contribution >= 4 is 11.8 Å². The maximum atomic E-state index is 11.3. The summed E-state index contributed by atoms with van der Waals surface area (Å²) < 4.78 is 4.60. The molecule has 2 unspecified atom stereocenters. The molecule has 1 aliphatic heterocycles. The van der Waals surface area contributed by atoms with E-state index < -0.39 is 5.97 Å². The molecule has 1 fully saturated rings. The molecule has 0 amide bonds. The third kappa shape index (κ3) is 2.95. The van der Waals surface area contributed by atoms with Crippen molar-refractivity contribution < 1.29 is 9.53 Å². The summed E-state index contributed by atoms with van der Waals surface area (Å²) in [6.45, 7) is 3.19. The number of nitrogens with one attached hydrogen (secondary N) is 2. The van der Waals surface area contributed by atoms with Gasteiger partial charge in [0.05, 0.1) is 7.11 Å². The van der Waals surface area contributed by atoms with E-state index in [0.717, 1.165) is 19.4 Å². The van der Waals surface area contributed by atoms with Crippen molar-refractivity contribution in [3.05, 3.63) is 18.1 Å². The van der Waals surface area contributed by atoms with Gasteiger partial charge in [0.1, 0.15) is 5.82 Å². The maximum absolute atomic E-state index is 11.3. The first kappa shape index (κ1) is 12.8. The molecule has 0 bridgehead atoms. The summed E-state index contributed by atoms with van der Waals surface area (Å²) in [7, 11) is 1.32. The first-order chi connectivity index (χ1) is 8.70. The number of aromatic nitrogens is 2. The topological polar surface area (TPSA) is 76.1 Å². The van der Waals surface area contributed by atoms with Crippen LogP contribution in [-0.4, -0.2) is 41.7 Å². The summed E-state index contributed by atoms with van der Waals surface area (Å²) in [5.74, 6) is 0.221. The summed E-state index contributed by atoms with van der Waals surface area (Å²) in [4.78, 5) is 19.4. The lowest BCUT2D eigenvalue weighted by Gasteiger charge is -2.31. The number of esters is 1. The normalized spacial score (nSPS) is 23.4. The van der Waals surface area contributed by atoms with Crippen LogP contribution >= 0.6 is 0 Å². The summed E-state index contributed by atoms with van der Waals surface area (Å²) in [5.41, 5.74) is 0. The lowest BCUT2D eigenvalue weighted by atomic mass is 10.00. The van der Waals surface area contributed by atoms with Gasteiger partial charge >= 0.3 is 5.97 Å². The zero-order valence-electron chi connectivity index (χ0n) is 10.6. The van der Waals surface area contributed by atoms with Gasteiger partial charge in [-0.15, -0.1) is 0 Å². The molecule has 98 valence electrons. The number of carbonyl (C=O) groups excluding carboxylic acids is 1. The lowest BCUT2D eigenvalue weighted by molar-refractivity contribution is 0.0587. The minimum absolute atomic E-state index is 0.0823. The van der Waals surface area contributed by atoms with Crippen LogP contribution in [0.4, 0.5) is 5.82 Å². The fraction of sp³-hybridized carbons (Fsp3) is 0.583. The van der Waals surface area contributed by atoms with Crippen LogP contribution in [0.3, 0.4) is 0 Å². The first-order valence-corrected chi connectivity index (χ1v) is 6.12. The second kappa shape index (κ2) is 5.77. The highest BCUT2D eigenvalue weighted by molar-refractivity contribution is 5.85. The first-order valence-electron chi connectivity index (χ1n) is 6.12. The van der Waals surface area contributed by atoms with Gasteiger partial charge in [-0.2, -0.15) is 0 Å². The van der Waals surface area contributed by atoms with Crippen LogP contribution in [0, 0.1) is 0 Å². The monoisotopic (exact) mass is 250 g/mol. The van der Waals surface area contributed by atoms with Crippen LogP contribution in [0.2, 0.25) is 0 Å². The zero-order chi connectivity index (χ0) is 13.0. The Morgan fingerprint density at radius 1 is 1.61 bits per heavy atom. The van der Waals surface area contributed by atoms with E-state index in [9.17, 15) is 4.79 Å². The van der Waals surface area contributed by atoms with E-state index in [1.54, 1.807) is 12.3 Å². The molecule has 0 spiro atoms. The number of hydrogen-bond acceptors (Lipinski definition) is 6. The van der Waals surface area contributed by atoms with E-state index >= 15 is 0 Å². The highest BCUT2D eigenvalue weighted by Gasteiger charge is 2.21. The predicted molar refractivity (Wildman–Crippen MR) is 67.5 cm³/mol. The molecule has 6 nitrogen and oxygen atoms in total. The Labute approximate surface area is 106 Å². The van der Waals surface area contributed by atoms with E-state index in [1.807, 2.05) is 0 Å². The molecule has 2 heterocycles. The molecule has 1 aromatic heterocycles. The Morgan fingerprint density at radius 2 is 2.44 bits per heavy atom. The molecule has 0 radical (unpaired) electrons. The van der Waals surface area contributed by atoms with Gasteiger partial charge in [0, 0.05) is 18.3 Å². The van der Waals surface area contributed by atoms with Crippen molar-refractivity contribution in [2.45, 2.75) is 31.8 Å². The van der Waals surface area contributed by atoms with Gasteiger partial charge in [0.25, 0.3) is 0 Å². The fourth-order valence-corrected chi connectivity index (χ4v) is 2.06. The smallest absolute Gasteiger partial charge is 0.376 e. The Morgan fingerprint density at radius 3 is 3.17 bits per heavy atom. The van der Waals surface area contributed by atoms with Crippen molar-refractivity contribution in [3.8, 4) is 0 Å². The Balaban J connectivity index is 2.06. The quantitative estimate of drug-likeness (QED) is 0.773. The van der Waals surface area contributed by atoms with Crippen molar-refractivity contribution in [2.75, 3.05) is 19.0 Å². The zero-order valence-corrected chi connectivity index (χ0v) is 10.6. The van der Waals surface area contributed by atoms with Gasteiger partial charge in [-0.05, 0) is 32.4 Å². The number of methoxy groups -OCH3 is 1. The van der Waals surface area contributed by atoms with Gasteiger partial charge in [-0.1, -0.05) is 0 Å². The van der Waals surface area contributed by atoms with E-state index in [2.05, 4.69) is 32.3 Å². The number of anilines is 1. The number of nitrogens with zero attached hydrogens (tertiary/aromatic N) is 2. The van der Waals surface area contributed by atoms with Crippen molar-refractivity contribution in [3.63, 3.8) is 0 Å². The number of rotatable bonds is 3. The minimum Gasteiger partial charge on any atom is -0.463 e. The average Bonchev–Trinajstić information content (AvgIpc) is 2.41. The van der Waals surface area contributed by atoms with E-state index in [1.165, 1.54) is 7.11 Å². The fourth-order valence-electron chi connectivity index (χ4n) is 2.06. The van der Waals surface area contributed by atoms with Crippen molar-refractivity contribution in [2.24, 2.45) is 0 Å². The standard InChI is InChI=1S/C12H18N4O2/c1-8-9(4-3-6-13-8)15-10-5-7-14-11(16-10)12(17)18-2/h5,7-9,13H,3-4,6H2,1-2H3,(H,14,15,16). The van der Waals surface area contributed by atoms with Crippen LogP contribution < -0.4 is 10.6 Å². The van der Waals surface area contributed by atoms with E-state index in [-0.39, 0.29) is 5.82 Å². The Bertz CT molecular complexity index is 424. The number of piperidine rings is 1. The highest BCUT2D eigenvalue weighted by atomic mass is 16.5. The third-order valence-electron chi connectivity index (χ3n) is 3.12. The number of ether oxygens (including phenoxy) is 1. The summed E-state index contributed by atoms with van der Waals surface area (Å²) >= 11 is 0. The summed E-state index contributed by atoms with van der Waals surface area (Å²) in [5, 5.41) is 6.73. The molecule has 2 atom stereocenters. The second-order valence-corrected chi connectivity index (χ2v) is 4.39. The Kier molecular flexibility index (Phi) is 4.09. The highest BCUT2D eigenvalue weighted by Crippen LogP contribution is 2.14. The predicted octanol–water partition coefficient (Wildman–Crippen LogP) is 0.816. The van der Waals surface area contributed by atoms with E-state index in [0.29, 0.717) is 17.9 Å². The minimum atomic E-state index is -0.520. The van der Waals surface area contributed by atoms with Crippen LogP contribution in [0.1, 0.15) is 30.4 Å². The van der Waals surface area contributed by atoms with Crippen molar-refractivity contribution in [1.29, 1.82) is 0 Å². The number of carbonyl (C=O) groups is 1. The summed E-state index contributed by atoms with van der Waals surface area (Å²) in [6.07, 6.45) is 3.78. The molecule has 2 rings (SSSR count). The second-order valence-electron chi connectivity index (χ2n) is 4.39. The maximum Gasteiger partial charge on any atom is 0.376 e. The molecule has 1 aromatic rings. The molecule has 1 saturated heterocycles. The Hall–Kier alpha value is -1.69. The molecule has 0 saturated carbocycles.